The van der Waals surface area contributed by atoms with Crippen molar-refractivity contribution in [1.82, 2.24) is 5.32 Å². The Morgan fingerprint density at radius 3 is 2.82 bits per heavy atom. The third kappa shape index (κ3) is 5.07. The first kappa shape index (κ1) is 16.9. The fraction of sp³-hybridized carbons (Fsp3) is 0.562. The van der Waals surface area contributed by atoms with E-state index in [0.29, 0.717) is 18.2 Å². The van der Waals surface area contributed by atoms with Crippen molar-refractivity contribution in [3.8, 4) is 0 Å². The normalized spacial score (nSPS) is 14.7. The maximum atomic E-state index is 12.0. The van der Waals surface area contributed by atoms with Crippen molar-refractivity contribution in [3.63, 3.8) is 0 Å². The zero-order valence-electron chi connectivity index (χ0n) is 13.0. The molecule has 0 aromatic heterocycles. The lowest BCUT2D eigenvalue weighted by atomic mass is 10.1. The second kappa shape index (κ2) is 8.86. The van der Waals surface area contributed by atoms with Crippen molar-refractivity contribution < 1.29 is 9.53 Å². The fourth-order valence-corrected chi connectivity index (χ4v) is 2.78. The van der Waals surface area contributed by atoms with Crippen LogP contribution in [0.15, 0.2) is 18.2 Å². The van der Waals surface area contributed by atoms with Crippen LogP contribution < -0.4 is 15.5 Å². The summed E-state index contributed by atoms with van der Waals surface area (Å²) in [6, 6.07) is 5.44. The molecule has 1 heterocycles. The molecule has 0 aliphatic carbocycles. The zero-order chi connectivity index (χ0) is 15.8. The molecule has 0 spiro atoms. The van der Waals surface area contributed by atoms with Gasteiger partial charge in [0.2, 0.25) is 0 Å². The molecule has 1 aliphatic heterocycles. The van der Waals surface area contributed by atoms with Crippen LogP contribution in [0.2, 0.25) is 5.02 Å². The molecule has 5 nitrogen and oxygen atoms in total. The number of nitrogens with one attached hydrogen (secondary N) is 2. The van der Waals surface area contributed by atoms with Crippen LogP contribution >= 0.6 is 11.6 Å². The highest BCUT2D eigenvalue weighted by molar-refractivity contribution is 6.31. The highest BCUT2D eigenvalue weighted by Gasteiger charge is 2.16. The van der Waals surface area contributed by atoms with E-state index in [-0.39, 0.29) is 6.03 Å². The standard InChI is InChI=1S/C16H24ClN3O2/c1-22-11-5-8-18-16(21)19-14-12-13(17)6-7-15(14)20-9-3-2-4-10-20/h6-7,12H,2-5,8-11H2,1H3,(H2,18,19,21). The van der Waals surface area contributed by atoms with Gasteiger partial charge < -0.3 is 20.3 Å². The van der Waals surface area contributed by atoms with Crippen LogP contribution in [0.4, 0.5) is 16.2 Å². The van der Waals surface area contributed by atoms with Crippen LogP contribution in [-0.4, -0.2) is 39.4 Å². The molecule has 0 radical (unpaired) electrons. The first-order chi connectivity index (χ1) is 10.7. The van der Waals surface area contributed by atoms with Gasteiger partial charge >= 0.3 is 6.03 Å². The largest absolute Gasteiger partial charge is 0.385 e. The summed E-state index contributed by atoms with van der Waals surface area (Å²) in [6.45, 7) is 3.26. The summed E-state index contributed by atoms with van der Waals surface area (Å²) in [4.78, 5) is 14.3. The van der Waals surface area contributed by atoms with E-state index in [1.165, 1.54) is 19.3 Å². The minimum absolute atomic E-state index is 0.211. The van der Waals surface area contributed by atoms with Crippen molar-refractivity contribution in [3.05, 3.63) is 23.2 Å². The lowest BCUT2D eigenvalue weighted by Gasteiger charge is -2.30. The van der Waals surface area contributed by atoms with Crippen molar-refractivity contribution in [2.45, 2.75) is 25.7 Å². The van der Waals surface area contributed by atoms with E-state index in [0.717, 1.165) is 30.9 Å². The quantitative estimate of drug-likeness (QED) is 0.787. The molecule has 6 heteroatoms. The Kier molecular flexibility index (Phi) is 6.80. The molecule has 1 aromatic carbocycles. The van der Waals surface area contributed by atoms with Crippen LogP contribution in [0, 0.1) is 0 Å². The lowest BCUT2D eigenvalue weighted by Crippen LogP contribution is -2.33. The smallest absolute Gasteiger partial charge is 0.319 e. The predicted octanol–water partition coefficient (Wildman–Crippen LogP) is 3.49. The molecule has 0 unspecified atom stereocenters. The second-order valence-corrected chi connectivity index (χ2v) is 5.87. The van der Waals surface area contributed by atoms with Crippen LogP contribution in [-0.2, 0) is 4.74 Å². The van der Waals surface area contributed by atoms with Gasteiger partial charge in [0.05, 0.1) is 11.4 Å². The zero-order valence-corrected chi connectivity index (χ0v) is 13.8. The molecule has 2 N–H and O–H groups in total. The molecule has 22 heavy (non-hydrogen) atoms. The number of hydrogen-bond acceptors (Lipinski definition) is 3. The number of ether oxygens (including phenoxy) is 1. The maximum absolute atomic E-state index is 12.0. The summed E-state index contributed by atoms with van der Waals surface area (Å²) < 4.78 is 4.96. The molecule has 1 aliphatic rings. The number of carbonyl (C=O) groups is 1. The van der Waals surface area contributed by atoms with Crippen LogP contribution in [0.3, 0.4) is 0 Å². The van der Waals surface area contributed by atoms with Gasteiger partial charge in [0.1, 0.15) is 0 Å². The Balaban J connectivity index is 1.99. The number of anilines is 2. The van der Waals surface area contributed by atoms with E-state index < -0.39 is 0 Å². The Labute approximate surface area is 137 Å². The molecule has 0 bridgehead atoms. The first-order valence-electron chi connectivity index (χ1n) is 7.79. The number of hydrogen-bond donors (Lipinski definition) is 2. The minimum Gasteiger partial charge on any atom is -0.385 e. The second-order valence-electron chi connectivity index (χ2n) is 5.44. The van der Waals surface area contributed by atoms with Crippen LogP contribution in [0.1, 0.15) is 25.7 Å². The van der Waals surface area contributed by atoms with Gasteiger partial charge in [-0.3, -0.25) is 0 Å². The molecule has 1 saturated heterocycles. The Morgan fingerprint density at radius 1 is 1.32 bits per heavy atom. The van der Waals surface area contributed by atoms with Crippen LogP contribution in [0.5, 0.6) is 0 Å². The number of urea groups is 1. The third-order valence-electron chi connectivity index (χ3n) is 3.71. The molecule has 1 aromatic rings. The molecule has 2 amide bonds. The average Bonchev–Trinajstić information content (AvgIpc) is 2.53. The van der Waals surface area contributed by atoms with Gasteiger partial charge in [-0.2, -0.15) is 0 Å². The van der Waals surface area contributed by atoms with E-state index >= 15 is 0 Å². The van der Waals surface area contributed by atoms with Crippen molar-refractivity contribution in [2.24, 2.45) is 0 Å². The predicted molar refractivity (Wildman–Crippen MR) is 91.0 cm³/mol. The summed E-state index contributed by atoms with van der Waals surface area (Å²) in [5.74, 6) is 0. The number of nitrogens with zero attached hydrogens (tertiary/aromatic N) is 1. The number of halogens is 1. The highest BCUT2D eigenvalue weighted by atomic mass is 35.5. The van der Waals surface area contributed by atoms with E-state index in [2.05, 4.69) is 15.5 Å². The van der Waals surface area contributed by atoms with Crippen molar-refractivity contribution >= 4 is 29.0 Å². The monoisotopic (exact) mass is 325 g/mol. The van der Waals surface area contributed by atoms with E-state index in [1.807, 2.05) is 12.1 Å². The molecule has 122 valence electrons. The molecular weight excluding hydrogens is 302 g/mol. The third-order valence-corrected chi connectivity index (χ3v) is 3.95. The summed E-state index contributed by atoms with van der Waals surface area (Å²) >= 11 is 6.08. The Hall–Kier alpha value is -1.46. The lowest BCUT2D eigenvalue weighted by molar-refractivity contribution is 0.194. The molecule has 0 atom stereocenters. The molecule has 0 saturated carbocycles. The number of piperidine rings is 1. The topological polar surface area (TPSA) is 53.6 Å². The summed E-state index contributed by atoms with van der Waals surface area (Å²) in [6.07, 6.45) is 4.43. The van der Waals surface area contributed by atoms with Crippen molar-refractivity contribution in [2.75, 3.05) is 43.6 Å². The minimum atomic E-state index is -0.211. The Bertz CT molecular complexity index is 490. The Morgan fingerprint density at radius 2 is 2.09 bits per heavy atom. The number of methoxy groups -OCH3 is 1. The summed E-state index contributed by atoms with van der Waals surface area (Å²) in [7, 11) is 1.65. The van der Waals surface area contributed by atoms with Gasteiger partial charge in [-0.1, -0.05) is 11.6 Å². The summed E-state index contributed by atoms with van der Waals surface area (Å²) in [5, 5.41) is 6.35. The highest BCUT2D eigenvalue weighted by Crippen LogP contribution is 2.31. The van der Waals surface area contributed by atoms with Gasteiger partial charge in [0.25, 0.3) is 0 Å². The molecule has 2 rings (SSSR count). The van der Waals surface area contributed by atoms with E-state index in [9.17, 15) is 4.79 Å². The average molecular weight is 326 g/mol. The maximum Gasteiger partial charge on any atom is 0.319 e. The van der Waals surface area contributed by atoms with Gasteiger partial charge in [0, 0.05) is 38.4 Å². The molecule has 1 fully saturated rings. The van der Waals surface area contributed by atoms with E-state index in [1.54, 1.807) is 13.2 Å². The number of benzene rings is 1. The number of rotatable bonds is 6. The van der Waals surface area contributed by atoms with Gasteiger partial charge in [0.15, 0.2) is 0 Å². The van der Waals surface area contributed by atoms with Crippen LogP contribution in [0.25, 0.3) is 0 Å². The van der Waals surface area contributed by atoms with Gasteiger partial charge in [-0.15, -0.1) is 0 Å². The first-order valence-corrected chi connectivity index (χ1v) is 8.17. The number of carbonyl (C=O) groups excluding carboxylic acids is 1. The summed E-state index contributed by atoms with van der Waals surface area (Å²) in [5.41, 5.74) is 1.80. The van der Waals surface area contributed by atoms with Crippen molar-refractivity contribution in [1.29, 1.82) is 0 Å². The molecular formula is C16H24ClN3O2. The van der Waals surface area contributed by atoms with Gasteiger partial charge in [-0.05, 0) is 43.9 Å². The number of amides is 2. The van der Waals surface area contributed by atoms with Gasteiger partial charge in [-0.25, -0.2) is 4.79 Å². The fourth-order valence-electron chi connectivity index (χ4n) is 2.60. The van der Waals surface area contributed by atoms with E-state index in [4.69, 9.17) is 16.3 Å². The SMILES string of the molecule is COCCCNC(=O)Nc1cc(Cl)ccc1N1CCCCC1.